The van der Waals surface area contributed by atoms with Crippen LogP contribution in [-0.2, 0) is 23.8 Å². The van der Waals surface area contributed by atoms with Gasteiger partial charge in [-0.2, -0.15) is 0 Å². The van der Waals surface area contributed by atoms with Crippen LogP contribution < -0.4 is 0 Å². The molecule has 6 heteroatoms. The number of aliphatic hydroxyl groups is 1. The number of methoxy groups -OCH3 is 1. The third kappa shape index (κ3) is 2.01. The number of hydrogen-bond donors (Lipinski definition) is 1. The van der Waals surface area contributed by atoms with Crippen molar-refractivity contribution in [1.82, 2.24) is 0 Å². The highest BCUT2D eigenvalue weighted by atomic mass is 16.8. The number of rotatable bonds is 4. The van der Waals surface area contributed by atoms with E-state index >= 15 is 0 Å². The maximum Gasteiger partial charge on any atom is 0.338 e. The van der Waals surface area contributed by atoms with Gasteiger partial charge in [0.25, 0.3) is 0 Å². The third-order valence-electron chi connectivity index (χ3n) is 2.28. The number of cyclic esters (lactones) is 1. The van der Waals surface area contributed by atoms with Gasteiger partial charge in [0.1, 0.15) is 0 Å². The Morgan fingerprint density at radius 1 is 1.69 bits per heavy atom. The first-order chi connectivity index (χ1) is 7.46. The Labute approximate surface area is 92.8 Å². The van der Waals surface area contributed by atoms with Crippen molar-refractivity contribution in [3.63, 3.8) is 0 Å². The molecule has 1 rings (SSSR count). The smallest absolute Gasteiger partial charge is 0.338 e. The number of hydrogen-bond acceptors (Lipinski definition) is 6. The van der Waals surface area contributed by atoms with E-state index < -0.39 is 23.6 Å². The van der Waals surface area contributed by atoms with Gasteiger partial charge in [0.15, 0.2) is 5.76 Å². The van der Waals surface area contributed by atoms with Crippen molar-refractivity contribution in [2.45, 2.75) is 19.6 Å². The summed E-state index contributed by atoms with van der Waals surface area (Å²) in [4.78, 5) is 22.2. The van der Waals surface area contributed by atoms with Crippen LogP contribution in [0.25, 0.3) is 0 Å². The molecule has 0 aromatic heterocycles. The molecule has 0 saturated carbocycles. The molecule has 1 heterocycles. The third-order valence-corrected chi connectivity index (χ3v) is 2.28. The second-order valence-corrected chi connectivity index (χ2v) is 3.48. The highest BCUT2D eigenvalue weighted by Crippen LogP contribution is 2.36. The average Bonchev–Trinajstić information content (AvgIpc) is 2.53. The van der Waals surface area contributed by atoms with Gasteiger partial charge in [-0.1, -0.05) is 6.92 Å². The number of carbonyl (C=O) groups is 2. The summed E-state index contributed by atoms with van der Waals surface area (Å²) in [6, 6.07) is 0. The van der Waals surface area contributed by atoms with Gasteiger partial charge in [0.05, 0.1) is 25.7 Å². The standard InChI is InChI=1S/C10H14O6/c1-6(5-11)10(15-7(2)12)8(14-3)4-9(13)16-10/h4,6,11H,5H2,1-3H3. The number of carbonyl (C=O) groups excluding carboxylic acids is 2. The van der Waals surface area contributed by atoms with Crippen molar-refractivity contribution in [3.05, 3.63) is 11.8 Å². The summed E-state index contributed by atoms with van der Waals surface area (Å²) in [5, 5.41) is 9.11. The first-order valence-electron chi connectivity index (χ1n) is 4.75. The Morgan fingerprint density at radius 3 is 2.75 bits per heavy atom. The fraction of sp³-hybridized carbons (Fsp3) is 0.600. The minimum Gasteiger partial charge on any atom is -0.493 e. The summed E-state index contributed by atoms with van der Waals surface area (Å²) in [5.41, 5.74) is 0. The van der Waals surface area contributed by atoms with Gasteiger partial charge in [0.2, 0.25) is 0 Å². The van der Waals surface area contributed by atoms with Gasteiger partial charge < -0.3 is 19.3 Å². The molecule has 0 aromatic rings. The Morgan fingerprint density at radius 2 is 2.31 bits per heavy atom. The molecule has 90 valence electrons. The summed E-state index contributed by atoms with van der Waals surface area (Å²) < 4.78 is 14.9. The second kappa shape index (κ2) is 4.52. The van der Waals surface area contributed by atoms with E-state index in [9.17, 15) is 9.59 Å². The maximum atomic E-state index is 11.2. The van der Waals surface area contributed by atoms with E-state index in [0.717, 1.165) is 6.08 Å². The summed E-state index contributed by atoms with van der Waals surface area (Å²) >= 11 is 0. The molecule has 1 N–H and O–H groups in total. The Hall–Kier alpha value is -1.56. The predicted molar refractivity (Wildman–Crippen MR) is 51.9 cm³/mol. The van der Waals surface area contributed by atoms with Crippen LogP contribution in [0, 0.1) is 5.92 Å². The lowest BCUT2D eigenvalue weighted by Crippen LogP contribution is -2.45. The van der Waals surface area contributed by atoms with Crippen molar-refractivity contribution in [2.24, 2.45) is 5.92 Å². The van der Waals surface area contributed by atoms with Gasteiger partial charge in [-0.3, -0.25) is 4.79 Å². The van der Waals surface area contributed by atoms with E-state index in [-0.39, 0.29) is 12.4 Å². The second-order valence-electron chi connectivity index (χ2n) is 3.48. The molecule has 0 radical (unpaired) electrons. The zero-order valence-electron chi connectivity index (χ0n) is 9.35. The van der Waals surface area contributed by atoms with E-state index in [1.54, 1.807) is 6.92 Å². The summed E-state index contributed by atoms with van der Waals surface area (Å²) in [5.74, 6) is -3.48. The van der Waals surface area contributed by atoms with E-state index in [0.29, 0.717) is 0 Å². The predicted octanol–water partition coefficient (Wildman–Crippen LogP) is -0.0387. The monoisotopic (exact) mass is 230 g/mol. The Bertz CT molecular complexity index is 334. The normalized spacial score (nSPS) is 25.8. The molecular weight excluding hydrogens is 216 g/mol. The van der Waals surface area contributed by atoms with Gasteiger partial charge in [-0.25, -0.2) is 4.79 Å². The van der Waals surface area contributed by atoms with Crippen molar-refractivity contribution >= 4 is 11.9 Å². The van der Waals surface area contributed by atoms with Gasteiger partial charge >= 0.3 is 17.7 Å². The SMILES string of the molecule is COC1=CC(=O)OC1(OC(C)=O)C(C)CO. The van der Waals surface area contributed by atoms with Gasteiger partial charge in [-0.15, -0.1) is 0 Å². The lowest BCUT2D eigenvalue weighted by molar-refractivity contribution is -0.233. The molecule has 0 bridgehead atoms. The number of aliphatic hydroxyl groups excluding tert-OH is 1. The Balaban J connectivity index is 3.09. The van der Waals surface area contributed by atoms with Crippen LogP contribution in [0.1, 0.15) is 13.8 Å². The molecule has 0 aromatic carbocycles. The first-order valence-corrected chi connectivity index (χ1v) is 4.75. The summed E-state index contributed by atoms with van der Waals surface area (Å²) in [6.07, 6.45) is 1.09. The van der Waals surface area contributed by atoms with E-state index in [4.69, 9.17) is 19.3 Å². The quantitative estimate of drug-likeness (QED) is 0.682. The molecule has 2 atom stereocenters. The van der Waals surface area contributed by atoms with Crippen LogP contribution in [0.15, 0.2) is 11.8 Å². The molecule has 0 aliphatic carbocycles. The van der Waals surface area contributed by atoms with Crippen molar-refractivity contribution in [2.75, 3.05) is 13.7 Å². The summed E-state index contributed by atoms with van der Waals surface area (Å²) in [7, 11) is 1.33. The van der Waals surface area contributed by atoms with Crippen LogP contribution in [0.5, 0.6) is 0 Å². The molecule has 16 heavy (non-hydrogen) atoms. The van der Waals surface area contributed by atoms with E-state index in [1.165, 1.54) is 14.0 Å². The molecule has 0 spiro atoms. The fourth-order valence-corrected chi connectivity index (χ4v) is 1.49. The highest BCUT2D eigenvalue weighted by Gasteiger charge is 2.52. The minimum absolute atomic E-state index is 0.0780. The molecule has 2 unspecified atom stereocenters. The molecule has 0 amide bonds. The first kappa shape index (κ1) is 12.5. The topological polar surface area (TPSA) is 82.1 Å². The zero-order chi connectivity index (χ0) is 12.3. The van der Waals surface area contributed by atoms with Crippen LogP contribution >= 0.6 is 0 Å². The largest absolute Gasteiger partial charge is 0.493 e. The fourth-order valence-electron chi connectivity index (χ4n) is 1.49. The van der Waals surface area contributed by atoms with Crippen molar-refractivity contribution < 1.29 is 28.9 Å². The van der Waals surface area contributed by atoms with Crippen LogP contribution in [0.4, 0.5) is 0 Å². The molecule has 0 fully saturated rings. The Kier molecular flexibility index (Phi) is 3.54. The molecule has 6 nitrogen and oxygen atoms in total. The lowest BCUT2D eigenvalue weighted by Gasteiger charge is -2.32. The molecule has 0 saturated heterocycles. The number of ether oxygens (including phenoxy) is 3. The lowest BCUT2D eigenvalue weighted by atomic mass is 10.00. The van der Waals surface area contributed by atoms with Crippen molar-refractivity contribution in [3.8, 4) is 0 Å². The molecular formula is C10H14O6. The van der Waals surface area contributed by atoms with E-state index in [2.05, 4.69) is 0 Å². The maximum absolute atomic E-state index is 11.2. The van der Waals surface area contributed by atoms with Crippen LogP contribution in [0.2, 0.25) is 0 Å². The van der Waals surface area contributed by atoms with Crippen LogP contribution in [0.3, 0.4) is 0 Å². The zero-order valence-corrected chi connectivity index (χ0v) is 9.35. The number of esters is 2. The van der Waals surface area contributed by atoms with Gasteiger partial charge in [-0.05, 0) is 0 Å². The average molecular weight is 230 g/mol. The highest BCUT2D eigenvalue weighted by molar-refractivity contribution is 5.86. The molecule has 1 aliphatic heterocycles. The van der Waals surface area contributed by atoms with E-state index in [1.807, 2.05) is 0 Å². The minimum atomic E-state index is -1.65. The molecule has 1 aliphatic rings. The summed E-state index contributed by atoms with van der Waals surface area (Å²) in [6.45, 7) is 2.45. The van der Waals surface area contributed by atoms with Crippen LogP contribution in [-0.4, -0.2) is 36.5 Å². The van der Waals surface area contributed by atoms with Gasteiger partial charge in [0, 0.05) is 6.92 Å². The van der Waals surface area contributed by atoms with Crippen molar-refractivity contribution in [1.29, 1.82) is 0 Å².